The van der Waals surface area contributed by atoms with E-state index in [1.54, 1.807) is 6.92 Å². The molecule has 0 aliphatic carbocycles. The third-order valence-corrected chi connectivity index (χ3v) is 2.44. The summed E-state index contributed by atoms with van der Waals surface area (Å²) in [7, 11) is 0. The van der Waals surface area contributed by atoms with E-state index in [4.69, 9.17) is 5.26 Å². The molecule has 1 aromatic rings. The largest absolute Gasteiger partial charge is 0.374 e. The molecule has 0 bridgehead atoms. The molecule has 0 aromatic heterocycles. The summed E-state index contributed by atoms with van der Waals surface area (Å²) in [6.45, 7) is 1.77. The van der Waals surface area contributed by atoms with Crippen LogP contribution in [0.1, 0.15) is 6.92 Å². The van der Waals surface area contributed by atoms with Crippen molar-refractivity contribution in [3.63, 3.8) is 0 Å². The molecule has 1 atom stereocenters. The normalized spacial score (nSPS) is 11.3. The van der Waals surface area contributed by atoms with E-state index in [-0.39, 0.29) is 18.5 Å². The number of anilines is 1. The molecule has 0 spiro atoms. The molecule has 0 saturated heterocycles. The molecule has 0 fully saturated rings. The van der Waals surface area contributed by atoms with E-state index in [1.807, 2.05) is 30.3 Å². The zero-order chi connectivity index (χ0) is 12.0. The summed E-state index contributed by atoms with van der Waals surface area (Å²) in [4.78, 5) is 11.5. The van der Waals surface area contributed by atoms with E-state index in [0.717, 1.165) is 10.2 Å². The van der Waals surface area contributed by atoms with Gasteiger partial charge < -0.3 is 10.6 Å². The molecule has 16 heavy (non-hydrogen) atoms. The molecule has 1 unspecified atom stereocenters. The number of nitrogens with zero attached hydrogens (tertiary/aromatic N) is 1. The highest BCUT2D eigenvalue weighted by molar-refractivity contribution is 9.10. The van der Waals surface area contributed by atoms with Crippen molar-refractivity contribution < 1.29 is 4.79 Å². The smallest absolute Gasteiger partial charge is 0.243 e. The lowest BCUT2D eigenvalue weighted by Gasteiger charge is -2.14. The molecule has 84 valence electrons. The predicted molar refractivity (Wildman–Crippen MR) is 65.8 cm³/mol. The average molecular weight is 282 g/mol. The van der Waals surface area contributed by atoms with Crippen molar-refractivity contribution in [3.05, 3.63) is 28.7 Å². The van der Waals surface area contributed by atoms with Crippen molar-refractivity contribution in [2.24, 2.45) is 0 Å². The van der Waals surface area contributed by atoms with Crippen molar-refractivity contribution in [1.82, 2.24) is 5.32 Å². The first kappa shape index (κ1) is 12.5. The Morgan fingerprint density at radius 2 is 2.38 bits per heavy atom. The van der Waals surface area contributed by atoms with Crippen LogP contribution in [0.5, 0.6) is 0 Å². The van der Waals surface area contributed by atoms with Gasteiger partial charge in [0.15, 0.2) is 0 Å². The Morgan fingerprint density at radius 3 is 3.00 bits per heavy atom. The van der Waals surface area contributed by atoms with Crippen LogP contribution in [0.15, 0.2) is 28.7 Å². The van der Waals surface area contributed by atoms with Gasteiger partial charge in [0.05, 0.1) is 6.07 Å². The van der Waals surface area contributed by atoms with Crippen LogP contribution in [-0.2, 0) is 4.79 Å². The number of halogens is 1. The number of hydrogen-bond acceptors (Lipinski definition) is 3. The number of nitriles is 1. The van der Waals surface area contributed by atoms with Gasteiger partial charge in [-0.2, -0.15) is 5.26 Å². The molecule has 0 aliphatic heterocycles. The Bertz CT molecular complexity index is 414. The van der Waals surface area contributed by atoms with Crippen molar-refractivity contribution >= 4 is 27.5 Å². The summed E-state index contributed by atoms with van der Waals surface area (Å²) in [5.41, 5.74) is 0.856. The highest BCUT2D eigenvalue weighted by Gasteiger charge is 2.11. The summed E-state index contributed by atoms with van der Waals surface area (Å²) < 4.78 is 0.946. The molecule has 4 nitrogen and oxygen atoms in total. The number of carbonyl (C=O) groups is 1. The van der Waals surface area contributed by atoms with Crippen molar-refractivity contribution in [1.29, 1.82) is 5.26 Å². The summed E-state index contributed by atoms with van der Waals surface area (Å²) in [6, 6.07) is 9.03. The Labute approximate surface area is 103 Å². The number of hydrogen-bond donors (Lipinski definition) is 2. The zero-order valence-corrected chi connectivity index (χ0v) is 10.4. The van der Waals surface area contributed by atoms with E-state index in [1.165, 1.54) is 0 Å². The second-order valence-electron chi connectivity index (χ2n) is 3.25. The van der Waals surface area contributed by atoms with E-state index in [2.05, 4.69) is 26.6 Å². The van der Waals surface area contributed by atoms with Gasteiger partial charge in [0.1, 0.15) is 12.6 Å². The van der Waals surface area contributed by atoms with Gasteiger partial charge in [-0.3, -0.25) is 4.79 Å². The predicted octanol–water partition coefficient (Wildman–Crippen LogP) is 1.89. The van der Waals surface area contributed by atoms with Gasteiger partial charge in [0.25, 0.3) is 0 Å². The Balaban J connectivity index is 2.54. The lowest BCUT2D eigenvalue weighted by molar-refractivity contribution is -0.121. The van der Waals surface area contributed by atoms with Gasteiger partial charge in [-0.15, -0.1) is 0 Å². The van der Waals surface area contributed by atoms with Crippen LogP contribution in [0, 0.1) is 11.3 Å². The van der Waals surface area contributed by atoms with Crippen LogP contribution in [-0.4, -0.2) is 18.5 Å². The minimum Gasteiger partial charge on any atom is -0.374 e. The van der Waals surface area contributed by atoms with Crippen molar-refractivity contribution in [3.8, 4) is 6.07 Å². The zero-order valence-electron chi connectivity index (χ0n) is 8.83. The van der Waals surface area contributed by atoms with Gasteiger partial charge in [-0.1, -0.05) is 22.0 Å². The van der Waals surface area contributed by atoms with Gasteiger partial charge in [0.2, 0.25) is 5.91 Å². The van der Waals surface area contributed by atoms with E-state index in [0.29, 0.717) is 0 Å². The van der Waals surface area contributed by atoms with Gasteiger partial charge in [0, 0.05) is 10.2 Å². The maximum Gasteiger partial charge on any atom is 0.243 e. The van der Waals surface area contributed by atoms with Crippen LogP contribution in [0.25, 0.3) is 0 Å². The molecule has 1 amide bonds. The molecular weight excluding hydrogens is 270 g/mol. The minimum atomic E-state index is -0.373. The standard InChI is InChI=1S/C11H12BrN3O/c1-8(11(16)14-6-5-13)15-10-4-2-3-9(12)7-10/h2-4,7-8,15H,6H2,1H3,(H,14,16). The molecule has 0 radical (unpaired) electrons. The van der Waals surface area contributed by atoms with Gasteiger partial charge in [-0.05, 0) is 25.1 Å². The highest BCUT2D eigenvalue weighted by Crippen LogP contribution is 2.16. The molecule has 0 aliphatic rings. The summed E-state index contributed by atoms with van der Waals surface area (Å²) in [5, 5.41) is 13.9. The Kier molecular flexibility index (Phi) is 4.80. The number of benzene rings is 1. The summed E-state index contributed by atoms with van der Waals surface area (Å²) >= 11 is 3.35. The van der Waals surface area contributed by atoms with E-state index < -0.39 is 0 Å². The lowest BCUT2D eigenvalue weighted by Crippen LogP contribution is -2.37. The maximum atomic E-state index is 11.5. The summed E-state index contributed by atoms with van der Waals surface area (Å²) in [5.74, 6) is -0.193. The number of rotatable bonds is 4. The number of nitrogens with one attached hydrogen (secondary N) is 2. The molecule has 1 aromatic carbocycles. The third kappa shape index (κ3) is 3.91. The van der Waals surface area contributed by atoms with E-state index >= 15 is 0 Å². The van der Waals surface area contributed by atoms with E-state index in [9.17, 15) is 4.79 Å². The van der Waals surface area contributed by atoms with Crippen LogP contribution < -0.4 is 10.6 Å². The fourth-order valence-corrected chi connectivity index (χ4v) is 1.57. The molecular formula is C11H12BrN3O. The van der Waals surface area contributed by atoms with Crippen molar-refractivity contribution in [2.75, 3.05) is 11.9 Å². The first-order valence-corrected chi connectivity index (χ1v) is 5.59. The second-order valence-corrected chi connectivity index (χ2v) is 4.17. The monoisotopic (exact) mass is 281 g/mol. The fourth-order valence-electron chi connectivity index (χ4n) is 1.17. The molecule has 1 rings (SSSR count). The Morgan fingerprint density at radius 1 is 1.62 bits per heavy atom. The van der Waals surface area contributed by atoms with Crippen LogP contribution in [0.2, 0.25) is 0 Å². The van der Waals surface area contributed by atoms with Crippen LogP contribution >= 0.6 is 15.9 Å². The second kappa shape index (κ2) is 6.13. The number of amides is 1. The van der Waals surface area contributed by atoms with Crippen molar-refractivity contribution in [2.45, 2.75) is 13.0 Å². The van der Waals surface area contributed by atoms with Gasteiger partial charge in [-0.25, -0.2) is 0 Å². The highest BCUT2D eigenvalue weighted by atomic mass is 79.9. The number of carbonyl (C=O) groups excluding carboxylic acids is 1. The average Bonchev–Trinajstić information content (AvgIpc) is 2.25. The fraction of sp³-hybridized carbons (Fsp3) is 0.273. The minimum absolute atomic E-state index is 0.0311. The molecule has 5 heteroatoms. The molecule has 0 heterocycles. The first-order chi connectivity index (χ1) is 7.63. The SMILES string of the molecule is CC(Nc1cccc(Br)c1)C(=O)NCC#N. The molecule has 2 N–H and O–H groups in total. The topological polar surface area (TPSA) is 64.9 Å². The quantitative estimate of drug-likeness (QED) is 0.829. The summed E-state index contributed by atoms with van der Waals surface area (Å²) in [6.07, 6.45) is 0. The maximum absolute atomic E-state index is 11.5. The lowest BCUT2D eigenvalue weighted by atomic mass is 10.2. The molecule has 0 saturated carbocycles. The van der Waals surface area contributed by atoms with Gasteiger partial charge >= 0.3 is 0 Å². The third-order valence-electron chi connectivity index (χ3n) is 1.94. The first-order valence-electron chi connectivity index (χ1n) is 4.80. The Hall–Kier alpha value is -1.54. The van der Waals surface area contributed by atoms with Crippen LogP contribution in [0.4, 0.5) is 5.69 Å². The van der Waals surface area contributed by atoms with Crippen LogP contribution in [0.3, 0.4) is 0 Å².